The van der Waals surface area contributed by atoms with Gasteiger partial charge in [-0.3, -0.25) is 4.79 Å². The number of hydrogen-bond donors (Lipinski definition) is 1. The number of carbonyl (C=O) groups is 2. The Labute approximate surface area is 153 Å². The molecule has 0 aliphatic carbocycles. The van der Waals surface area contributed by atoms with Gasteiger partial charge in [-0.15, -0.1) is 0 Å². The van der Waals surface area contributed by atoms with Crippen LogP contribution >= 0.6 is 0 Å². The molecule has 1 N–H and O–H groups in total. The lowest BCUT2D eigenvalue weighted by atomic mass is 9.87. The maximum Gasteiger partial charge on any atom is 0.342 e. The Morgan fingerprint density at radius 3 is 2.81 bits per heavy atom. The summed E-state index contributed by atoms with van der Waals surface area (Å²) in [5, 5.41) is 10.2. The highest BCUT2D eigenvalue weighted by molar-refractivity contribution is 5.94. The smallest absolute Gasteiger partial charge is 0.342 e. The molecule has 1 aromatic carbocycles. The first kappa shape index (κ1) is 18.7. The number of fused-ring (bicyclic) bond motifs is 3. The van der Waals surface area contributed by atoms with Crippen molar-refractivity contribution in [3.63, 3.8) is 0 Å². The Morgan fingerprint density at radius 2 is 2.04 bits per heavy atom. The van der Waals surface area contributed by atoms with Gasteiger partial charge in [0.25, 0.3) is 0 Å². The fourth-order valence-corrected chi connectivity index (χ4v) is 4.01. The van der Waals surface area contributed by atoms with Gasteiger partial charge in [-0.25, -0.2) is 4.79 Å². The van der Waals surface area contributed by atoms with Gasteiger partial charge >= 0.3 is 11.9 Å². The summed E-state index contributed by atoms with van der Waals surface area (Å²) in [5.41, 5.74) is 0.942. The number of aromatic hydroxyl groups is 1. The van der Waals surface area contributed by atoms with Gasteiger partial charge in [-0.2, -0.15) is 0 Å². The lowest BCUT2D eigenvalue weighted by molar-refractivity contribution is -0.141. The minimum atomic E-state index is -0.541. The van der Waals surface area contributed by atoms with Crippen LogP contribution in [0.2, 0.25) is 0 Å². The van der Waals surface area contributed by atoms with Gasteiger partial charge < -0.3 is 19.3 Å². The molecule has 1 fully saturated rings. The number of rotatable bonds is 3. The van der Waals surface area contributed by atoms with Crippen LogP contribution in [0.15, 0.2) is 18.2 Å². The Kier molecular flexibility index (Phi) is 5.81. The molecule has 0 radical (unpaired) electrons. The van der Waals surface area contributed by atoms with Crippen LogP contribution < -0.4 is 0 Å². The van der Waals surface area contributed by atoms with E-state index in [1.165, 1.54) is 13.2 Å². The number of methoxy groups -OCH3 is 1. The first-order chi connectivity index (χ1) is 12.5. The first-order valence-electron chi connectivity index (χ1n) is 9.20. The summed E-state index contributed by atoms with van der Waals surface area (Å²) in [7, 11) is 1.34. The third kappa shape index (κ3) is 4.36. The molecule has 0 amide bonds. The van der Waals surface area contributed by atoms with E-state index in [2.05, 4.69) is 6.92 Å². The van der Waals surface area contributed by atoms with Gasteiger partial charge in [-0.05, 0) is 43.2 Å². The zero-order chi connectivity index (χ0) is 18.7. The van der Waals surface area contributed by atoms with Crippen molar-refractivity contribution in [2.24, 2.45) is 5.92 Å². The second-order valence-electron chi connectivity index (χ2n) is 7.35. The molecule has 4 unspecified atom stereocenters. The van der Waals surface area contributed by atoms with Crippen LogP contribution in [0.5, 0.6) is 5.75 Å². The Morgan fingerprint density at radius 1 is 1.27 bits per heavy atom. The highest BCUT2D eigenvalue weighted by atomic mass is 16.6. The first-order valence-corrected chi connectivity index (χ1v) is 9.20. The van der Waals surface area contributed by atoms with Crippen molar-refractivity contribution in [1.29, 1.82) is 0 Å². The second kappa shape index (κ2) is 8.08. The van der Waals surface area contributed by atoms with Crippen LogP contribution in [0.1, 0.15) is 54.9 Å². The third-order valence-corrected chi connectivity index (χ3v) is 5.19. The summed E-state index contributed by atoms with van der Waals surface area (Å²) >= 11 is 0. The third-order valence-electron chi connectivity index (χ3n) is 5.19. The molecule has 6 nitrogen and oxygen atoms in total. The molecule has 0 spiro atoms. The van der Waals surface area contributed by atoms with Gasteiger partial charge in [0, 0.05) is 12.8 Å². The molecular formula is C20H26O6. The number of ether oxygens (including phenoxy) is 3. The number of phenolic OH excluding ortho intramolecular Hbond substituents is 1. The molecule has 6 heteroatoms. The average Bonchev–Trinajstić information content (AvgIpc) is 2.58. The molecule has 0 aromatic heterocycles. The van der Waals surface area contributed by atoms with Crippen LogP contribution in [0.4, 0.5) is 0 Å². The molecule has 1 saturated heterocycles. The van der Waals surface area contributed by atoms with E-state index in [0.29, 0.717) is 25.2 Å². The largest absolute Gasteiger partial charge is 0.507 e. The van der Waals surface area contributed by atoms with Crippen molar-refractivity contribution in [2.45, 2.75) is 63.8 Å². The number of carbonyl (C=O) groups excluding carboxylic acids is 2. The maximum absolute atomic E-state index is 12.7. The van der Waals surface area contributed by atoms with E-state index in [4.69, 9.17) is 14.2 Å². The summed E-state index contributed by atoms with van der Waals surface area (Å²) in [5.74, 6) is -0.450. The van der Waals surface area contributed by atoms with Gasteiger partial charge in [0.2, 0.25) is 0 Å². The van der Waals surface area contributed by atoms with E-state index in [1.54, 1.807) is 6.07 Å². The highest BCUT2D eigenvalue weighted by Gasteiger charge is 2.34. The zero-order valence-electron chi connectivity index (χ0n) is 15.3. The molecular weight excluding hydrogens is 336 g/mol. The summed E-state index contributed by atoms with van der Waals surface area (Å²) in [6.07, 6.45) is 3.06. The van der Waals surface area contributed by atoms with E-state index in [-0.39, 0.29) is 35.9 Å². The lowest BCUT2D eigenvalue weighted by Crippen LogP contribution is -2.38. The van der Waals surface area contributed by atoms with E-state index < -0.39 is 12.1 Å². The molecule has 0 saturated carbocycles. The fraction of sp³-hybridized carbons (Fsp3) is 0.600. The van der Waals surface area contributed by atoms with Crippen LogP contribution in [0.25, 0.3) is 0 Å². The second-order valence-corrected chi connectivity index (χ2v) is 7.35. The van der Waals surface area contributed by atoms with Gasteiger partial charge in [0.15, 0.2) is 0 Å². The summed E-state index contributed by atoms with van der Waals surface area (Å²) in [6.45, 7) is 2.20. The van der Waals surface area contributed by atoms with Crippen molar-refractivity contribution in [2.75, 3.05) is 7.11 Å². The standard InChI is InChI=1S/C20H26O6/c1-12-8-15-10-13-4-3-5-17(21)19(13)20(23)26-14(6-7-18(22)24-2)11-16(9-12)25-15/h3-5,12,14-16,21H,6-11H2,1-2H3. The number of benzene rings is 1. The highest BCUT2D eigenvalue weighted by Crippen LogP contribution is 2.34. The van der Waals surface area contributed by atoms with E-state index in [9.17, 15) is 14.7 Å². The fourth-order valence-electron chi connectivity index (χ4n) is 4.01. The summed E-state index contributed by atoms with van der Waals surface area (Å²) in [6, 6.07) is 5.05. The zero-order valence-corrected chi connectivity index (χ0v) is 15.3. The molecule has 26 heavy (non-hydrogen) atoms. The predicted molar refractivity (Wildman–Crippen MR) is 93.9 cm³/mol. The Hall–Kier alpha value is -2.08. The molecule has 1 aromatic rings. The van der Waals surface area contributed by atoms with Crippen molar-refractivity contribution < 1.29 is 28.9 Å². The molecule has 4 atom stereocenters. The number of phenols is 1. The Bertz CT molecular complexity index is 670. The minimum Gasteiger partial charge on any atom is -0.507 e. The predicted octanol–water partition coefficient (Wildman–Crippen LogP) is 3.00. The van der Waals surface area contributed by atoms with Gasteiger partial charge in [0.05, 0.1) is 19.3 Å². The molecule has 2 heterocycles. The van der Waals surface area contributed by atoms with Crippen molar-refractivity contribution >= 4 is 11.9 Å². The summed E-state index contributed by atoms with van der Waals surface area (Å²) < 4.78 is 16.6. The maximum atomic E-state index is 12.7. The molecule has 142 valence electrons. The van der Waals surface area contributed by atoms with E-state index in [0.717, 1.165) is 18.4 Å². The van der Waals surface area contributed by atoms with Crippen molar-refractivity contribution in [3.8, 4) is 5.75 Å². The normalized spacial score (nSPS) is 28.6. The number of esters is 2. The van der Waals surface area contributed by atoms with Gasteiger partial charge in [-0.1, -0.05) is 19.1 Å². The van der Waals surface area contributed by atoms with E-state index in [1.807, 2.05) is 6.07 Å². The minimum absolute atomic E-state index is 0.00180. The van der Waals surface area contributed by atoms with Crippen molar-refractivity contribution in [3.05, 3.63) is 29.3 Å². The Balaban J connectivity index is 1.88. The number of cyclic esters (lactones) is 1. The molecule has 2 aliphatic heterocycles. The van der Waals surface area contributed by atoms with Crippen LogP contribution in [0, 0.1) is 5.92 Å². The summed E-state index contributed by atoms with van der Waals surface area (Å²) in [4.78, 5) is 24.2. The van der Waals surface area contributed by atoms with Crippen LogP contribution in [-0.4, -0.2) is 42.5 Å². The monoisotopic (exact) mass is 362 g/mol. The SMILES string of the molecule is COC(=O)CCC1CC2CC(C)CC(Cc3cccc(O)c3C(=O)O1)O2. The van der Waals surface area contributed by atoms with Gasteiger partial charge in [0.1, 0.15) is 17.4 Å². The molecule has 2 bridgehead atoms. The number of hydrogen-bond acceptors (Lipinski definition) is 6. The lowest BCUT2D eigenvalue weighted by Gasteiger charge is -2.37. The van der Waals surface area contributed by atoms with Crippen molar-refractivity contribution in [1.82, 2.24) is 0 Å². The van der Waals surface area contributed by atoms with Crippen LogP contribution in [-0.2, 0) is 25.4 Å². The van der Waals surface area contributed by atoms with Crippen LogP contribution in [0.3, 0.4) is 0 Å². The quantitative estimate of drug-likeness (QED) is 0.833. The molecule has 3 rings (SSSR count). The molecule has 2 aliphatic rings. The van der Waals surface area contributed by atoms with E-state index >= 15 is 0 Å². The average molecular weight is 362 g/mol. The topological polar surface area (TPSA) is 82.1 Å².